The zero-order valence-electron chi connectivity index (χ0n) is 9.12. The molecule has 82 valence electrons. The van der Waals surface area contributed by atoms with E-state index < -0.39 is 0 Å². The molecule has 1 aromatic rings. The second-order valence-corrected chi connectivity index (χ2v) is 4.95. The molecule has 0 saturated carbocycles. The molecule has 1 aliphatic rings. The highest BCUT2D eigenvalue weighted by Crippen LogP contribution is 2.26. The van der Waals surface area contributed by atoms with Crippen molar-refractivity contribution in [2.24, 2.45) is 0 Å². The molecular formula is C12H17BrN2. The van der Waals surface area contributed by atoms with Crippen molar-refractivity contribution in [1.82, 2.24) is 4.98 Å². The van der Waals surface area contributed by atoms with Crippen molar-refractivity contribution in [3.8, 4) is 0 Å². The zero-order chi connectivity index (χ0) is 10.7. The van der Waals surface area contributed by atoms with Crippen LogP contribution in [-0.2, 0) is 0 Å². The summed E-state index contributed by atoms with van der Waals surface area (Å²) in [6.07, 6.45) is 5.73. The van der Waals surface area contributed by atoms with Crippen LogP contribution in [0.25, 0.3) is 0 Å². The highest BCUT2D eigenvalue weighted by atomic mass is 79.9. The molecule has 0 aromatic carbocycles. The summed E-state index contributed by atoms with van der Waals surface area (Å²) in [6.45, 7) is 3.29. The summed E-state index contributed by atoms with van der Waals surface area (Å²) in [5, 5.41) is 1.08. The summed E-state index contributed by atoms with van der Waals surface area (Å²) < 4.78 is 0. The Balaban J connectivity index is 2.15. The first kappa shape index (κ1) is 10.9. The number of halogens is 1. The van der Waals surface area contributed by atoms with E-state index >= 15 is 0 Å². The van der Waals surface area contributed by atoms with E-state index in [1.54, 1.807) is 0 Å². The molecule has 1 atom stereocenters. The van der Waals surface area contributed by atoms with Gasteiger partial charge in [-0.2, -0.15) is 0 Å². The van der Waals surface area contributed by atoms with Gasteiger partial charge in [-0.05, 0) is 43.9 Å². The first-order valence-electron chi connectivity index (χ1n) is 5.56. The van der Waals surface area contributed by atoms with Crippen LogP contribution >= 0.6 is 15.9 Å². The van der Waals surface area contributed by atoms with Crippen LogP contribution < -0.4 is 4.90 Å². The van der Waals surface area contributed by atoms with Gasteiger partial charge in [-0.1, -0.05) is 15.9 Å². The van der Waals surface area contributed by atoms with Crippen LogP contribution in [0.3, 0.4) is 0 Å². The summed E-state index contributed by atoms with van der Waals surface area (Å²) in [4.78, 5) is 6.92. The number of rotatable bonds is 3. The number of nitrogens with zero attached hydrogens (tertiary/aromatic N) is 2. The van der Waals surface area contributed by atoms with E-state index in [2.05, 4.69) is 44.9 Å². The molecular weight excluding hydrogens is 252 g/mol. The van der Waals surface area contributed by atoms with Gasteiger partial charge < -0.3 is 4.90 Å². The molecule has 0 spiro atoms. The molecule has 0 aliphatic carbocycles. The van der Waals surface area contributed by atoms with Gasteiger partial charge >= 0.3 is 0 Å². The fourth-order valence-electron chi connectivity index (χ4n) is 2.24. The summed E-state index contributed by atoms with van der Waals surface area (Å²) in [5.74, 6) is 1.15. The molecule has 0 N–H and O–H groups in total. The van der Waals surface area contributed by atoms with Crippen LogP contribution in [0.1, 0.15) is 24.8 Å². The monoisotopic (exact) mass is 268 g/mol. The molecule has 0 bridgehead atoms. The molecule has 3 heteroatoms. The van der Waals surface area contributed by atoms with Crippen LogP contribution in [0.5, 0.6) is 0 Å². The quantitative estimate of drug-likeness (QED) is 0.784. The third-order valence-electron chi connectivity index (χ3n) is 3.01. The van der Waals surface area contributed by atoms with Gasteiger partial charge in [0.25, 0.3) is 0 Å². The average molecular weight is 269 g/mol. The molecule has 1 fully saturated rings. The Hall–Kier alpha value is -0.570. The molecule has 1 saturated heterocycles. The first-order chi connectivity index (χ1) is 7.31. The third-order valence-corrected chi connectivity index (χ3v) is 3.47. The number of pyridine rings is 1. The minimum atomic E-state index is 0.679. The maximum absolute atomic E-state index is 4.46. The Morgan fingerprint density at radius 3 is 3.20 bits per heavy atom. The topological polar surface area (TPSA) is 16.1 Å². The Labute approximate surface area is 99.8 Å². The zero-order valence-corrected chi connectivity index (χ0v) is 10.7. The van der Waals surface area contributed by atoms with E-state index in [4.69, 9.17) is 0 Å². The van der Waals surface area contributed by atoms with Gasteiger partial charge in [-0.3, -0.25) is 0 Å². The van der Waals surface area contributed by atoms with Crippen LogP contribution in [0, 0.1) is 6.92 Å². The Kier molecular flexibility index (Phi) is 3.62. The van der Waals surface area contributed by atoms with Crippen molar-refractivity contribution in [3.63, 3.8) is 0 Å². The van der Waals surface area contributed by atoms with E-state index in [0.29, 0.717) is 6.04 Å². The number of aryl methyl sites for hydroxylation is 1. The SMILES string of the molecule is Cc1ccnc(N2CCCC2CCBr)c1. The third kappa shape index (κ3) is 2.51. The van der Waals surface area contributed by atoms with Crippen molar-refractivity contribution in [3.05, 3.63) is 23.9 Å². The van der Waals surface area contributed by atoms with E-state index in [-0.39, 0.29) is 0 Å². The maximum atomic E-state index is 4.46. The lowest BCUT2D eigenvalue weighted by Crippen LogP contribution is -2.30. The van der Waals surface area contributed by atoms with Gasteiger partial charge in [0.15, 0.2) is 0 Å². The van der Waals surface area contributed by atoms with Gasteiger partial charge in [0.1, 0.15) is 5.82 Å². The number of hydrogen-bond acceptors (Lipinski definition) is 2. The lowest BCUT2D eigenvalue weighted by Gasteiger charge is -2.25. The minimum absolute atomic E-state index is 0.679. The minimum Gasteiger partial charge on any atom is -0.354 e. The van der Waals surface area contributed by atoms with Gasteiger partial charge in [0.05, 0.1) is 0 Å². The largest absolute Gasteiger partial charge is 0.354 e. The molecule has 2 rings (SSSR count). The van der Waals surface area contributed by atoms with E-state index in [1.807, 2.05) is 6.20 Å². The first-order valence-corrected chi connectivity index (χ1v) is 6.68. The number of anilines is 1. The highest BCUT2D eigenvalue weighted by molar-refractivity contribution is 9.09. The van der Waals surface area contributed by atoms with Crippen molar-refractivity contribution in [2.75, 3.05) is 16.8 Å². The second-order valence-electron chi connectivity index (χ2n) is 4.16. The number of hydrogen-bond donors (Lipinski definition) is 0. The second kappa shape index (κ2) is 4.97. The lowest BCUT2D eigenvalue weighted by molar-refractivity contribution is 0.647. The lowest BCUT2D eigenvalue weighted by atomic mass is 10.1. The highest BCUT2D eigenvalue weighted by Gasteiger charge is 2.24. The van der Waals surface area contributed by atoms with E-state index in [1.165, 1.54) is 24.8 Å². The molecule has 1 aromatic heterocycles. The van der Waals surface area contributed by atoms with Gasteiger partial charge in [0, 0.05) is 24.1 Å². The predicted molar refractivity (Wildman–Crippen MR) is 67.8 cm³/mol. The smallest absolute Gasteiger partial charge is 0.128 e. The fourth-order valence-corrected chi connectivity index (χ4v) is 2.77. The number of alkyl halides is 1. The predicted octanol–water partition coefficient (Wildman–Crippen LogP) is 3.14. The standard InChI is InChI=1S/C12H17BrN2/c1-10-5-7-14-12(9-10)15-8-2-3-11(15)4-6-13/h5,7,9,11H,2-4,6,8H2,1H3. The van der Waals surface area contributed by atoms with Gasteiger partial charge in [-0.15, -0.1) is 0 Å². The summed E-state index contributed by atoms with van der Waals surface area (Å²) in [6, 6.07) is 4.92. The molecule has 0 amide bonds. The maximum Gasteiger partial charge on any atom is 0.128 e. The van der Waals surface area contributed by atoms with Crippen molar-refractivity contribution < 1.29 is 0 Å². The van der Waals surface area contributed by atoms with Gasteiger partial charge in [0.2, 0.25) is 0 Å². The van der Waals surface area contributed by atoms with Crippen molar-refractivity contribution in [2.45, 2.75) is 32.2 Å². The Morgan fingerprint density at radius 2 is 2.47 bits per heavy atom. The Bertz CT molecular complexity index is 327. The summed E-state index contributed by atoms with van der Waals surface area (Å²) in [5.41, 5.74) is 1.30. The number of aromatic nitrogens is 1. The van der Waals surface area contributed by atoms with Crippen molar-refractivity contribution in [1.29, 1.82) is 0 Å². The Morgan fingerprint density at radius 1 is 1.60 bits per heavy atom. The molecule has 1 unspecified atom stereocenters. The summed E-state index contributed by atoms with van der Waals surface area (Å²) >= 11 is 3.53. The van der Waals surface area contributed by atoms with E-state index in [0.717, 1.165) is 17.7 Å². The van der Waals surface area contributed by atoms with Crippen LogP contribution in [0.4, 0.5) is 5.82 Å². The molecule has 1 aliphatic heterocycles. The van der Waals surface area contributed by atoms with Crippen LogP contribution in [0.15, 0.2) is 18.3 Å². The molecule has 0 radical (unpaired) electrons. The fraction of sp³-hybridized carbons (Fsp3) is 0.583. The van der Waals surface area contributed by atoms with Crippen LogP contribution in [0.2, 0.25) is 0 Å². The van der Waals surface area contributed by atoms with Crippen molar-refractivity contribution >= 4 is 21.7 Å². The summed E-state index contributed by atoms with van der Waals surface area (Å²) in [7, 11) is 0. The van der Waals surface area contributed by atoms with E-state index in [9.17, 15) is 0 Å². The molecule has 15 heavy (non-hydrogen) atoms. The normalized spacial score (nSPS) is 20.9. The van der Waals surface area contributed by atoms with Crippen LogP contribution in [-0.4, -0.2) is 22.9 Å². The molecule has 2 heterocycles. The average Bonchev–Trinajstić information content (AvgIpc) is 2.66. The van der Waals surface area contributed by atoms with Gasteiger partial charge in [-0.25, -0.2) is 4.98 Å². The molecule has 2 nitrogen and oxygen atoms in total.